The summed E-state index contributed by atoms with van der Waals surface area (Å²) in [7, 11) is -2.63. The fraction of sp³-hybridized carbons (Fsp3) is 1.00. The van der Waals surface area contributed by atoms with Crippen LogP contribution in [0.2, 0.25) is 6.04 Å². The van der Waals surface area contributed by atoms with Crippen LogP contribution in [0.3, 0.4) is 0 Å². The van der Waals surface area contributed by atoms with Gasteiger partial charge in [-0.05, 0) is 12.5 Å². The van der Waals surface area contributed by atoms with Crippen molar-refractivity contribution >= 4 is 17.1 Å². The predicted octanol–water partition coefficient (Wildman–Crippen LogP) is 2.44. The second kappa shape index (κ2) is 10.1. The van der Waals surface area contributed by atoms with Gasteiger partial charge in [-0.15, -0.1) is 0 Å². The van der Waals surface area contributed by atoms with Crippen molar-refractivity contribution < 1.29 is 8.92 Å². The van der Waals surface area contributed by atoms with Crippen molar-refractivity contribution in [3.63, 3.8) is 0 Å². The lowest BCUT2D eigenvalue weighted by Gasteiger charge is -1.98. The van der Waals surface area contributed by atoms with Crippen LogP contribution in [0.25, 0.3) is 0 Å². The van der Waals surface area contributed by atoms with Gasteiger partial charge in [0.05, 0.1) is 0 Å². The molecule has 0 heterocycles. The van der Waals surface area contributed by atoms with Crippen LogP contribution >= 0.6 is 0 Å². The Kier molecular flexibility index (Phi) is 10.1. The summed E-state index contributed by atoms with van der Waals surface area (Å²) in [4.78, 5) is 0. The van der Waals surface area contributed by atoms with Gasteiger partial charge >= 0.3 is 17.1 Å². The molecule has 76 valence electrons. The van der Waals surface area contributed by atoms with E-state index in [0.717, 1.165) is 12.5 Å². The Morgan fingerprint density at radius 3 is 2.08 bits per heavy atom. The molecule has 0 spiro atoms. The highest BCUT2D eigenvalue weighted by Gasteiger charge is 2.01. The van der Waals surface area contributed by atoms with E-state index < -0.39 is 17.1 Å². The van der Waals surface area contributed by atoms with E-state index in [1.807, 2.05) is 0 Å². The molecular weight excluding hydrogens is 196 g/mol. The van der Waals surface area contributed by atoms with E-state index in [0.29, 0.717) is 0 Å². The molecule has 0 aliphatic heterocycles. The van der Waals surface area contributed by atoms with Crippen molar-refractivity contribution in [1.29, 1.82) is 0 Å². The zero-order chi connectivity index (χ0) is 9.94. The Labute approximate surface area is 84.5 Å². The van der Waals surface area contributed by atoms with Gasteiger partial charge in [0.15, 0.2) is 0 Å². The summed E-state index contributed by atoms with van der Waals surface area (Å²) in [6, 6.07) is 0.720. The molecule has 0 aliphatic carbocycles. The maximum absolute atomic E-state index is 10.9. The van der Waals surface area contributed by atoms with Gasteiger partial charge in [0.25, 0.3) is 0 Å². The van der Waals surface area contributed by atoms with Gasteiger partial charge in [-0.25, -0.2) is 0 Å². The van der Waals surface area contributed by atoms with Gasteiger partial charge in [-0.1, -0.05) is 45.4 Å². The maximum Gasteiger partial charge on any atom is 0.322 e. The van der Waals surface area contributed by atoms with Crippen molar-refractivity contribution in [3.05, 3.63) is 0 Å². The molecule has 0 saturated heterocycles. The molecule has 0 atom stereocenters. The largest absolute Gasteiger partial charge is 0.388 e. The highest BCUT2D eigenvalue weighted by Crippen LogP contribution is 2.08. The number of rotatable bonds is 9. The first-order valence-corrected chi connectivity index (χ1v) is 9.19. The molecule has 0 aromatic rings. The van der Waals surface area contributed by atoms with Crippen LogP contribution in [0.15, 0.2) is 0 Å². The van der Waals surface area contributed by atoms with E-state index >= 15 is 0 Å². The molecule has 0 N–H and O–H groups in total. The summed E-state index contributed by atoms with van der Waals surface area (Å²) in [6.07, 6.45) is 8.69. The average Bonchev–Trinajstić information content (AvgIpc) is 2.16. The molecule has 0 aromatic heterocycles. The highest BCUT2D eigenvalue weighted by atomic mass is 29.2. The molecule has 0 unspecified atom stereocenters. The zero-order valence-corrected chi connectivity index (χ0v) is 10.7. The Bertz CT molecular complexity index is 149. The smallest absolute Gasteiger partial charge is 0.322 e. The average molecular weight is 216 g/mol. The molecule has 2 nitrogen and oxygen atoms in total. The minimum atomic E-state index is -1.65. The number of hydrogen-bond acceptors (Lipinski definition) is 2. The Morgan fingerprint density at radius 2 is 1.54 bits per heavy atom. The molecule has 0 aliphatic rings. The van der Waals surface area contributed by atoms with Crippen LogP contribution in [-0.4, -0.2) is 17.1 Å². The Morgan fingerprint density at radius 1 is 1.00 bits per heavy atom. The number of unbranched alkanes of at least 4 members (excludes halogenated alkanes) is 6. The van der Waals surface area contributed by atoms with E-state index in [4.69, 9.17) is 0 Å². The summed E-state index contributed by atoms with van der Waals surface area (Å²) in [5.74, 6) is 0. The predicted molar refractivity (Wildman–Crippen MR) is 57.1 cm³/mol. The molecule has 13 heavy (non-hydrogen) atoms. The van der Waals surface area contributed by atoms with Crippen LogP contribution in [0.4, 0.5) is 0 Å². The first-order valence-electron chi connectivity index (χ1n) is 5.29. The zero-order valence-electron chi connectivity index (χ0n) is 8.55. The summed E-state index contributed by atoms with van der Waals surface area (Å²) in [5.41, 5.74) is 0. The van der Waals surface area contributed by atoms with E-state index in [1.165, 1.54) is 38.5 Å². The summed E-state index contributed by atoms with van der Waals surface area (Å²) in [5, 5.41) is 0. The second-order valence-electron chi connectivity index (χ2n) is 3.46. The monoisotopic (exact) mass is 216 g/mol. The fourth-order valence-corrected chi connectivity index (χ4v) is 3.00. The lowest BCUT2D eigenvalue weighted by molar-refractivity contribution is 0.549. The molecule has 0 aromatic carbocycles. The lowest BCUT2D eigenvalue weighted by Crippen LogP contribution is -2.01. The van der Waals surface area contributed by atoms with E-state index in [1.54, 1.807) is 0 Å². The molecular formula is C9H20O2Si2. The van der Waals surface area contributed by atoms with E-state index in [9.17, 15) is 8.92 Å². The van der Waals surface area contributed by atoms with Crippen LogP contribution in [-0.2, 0) is 8.92 Å². The third-order valence-electron chi connectivity index (χ3n) is 2.16. The molecule has 0 bridgehead atoms. The van der Waals surface area contributed by atoms with Gasteiger partial charge in [-0.3, -0.25) is 0 Å². The standard InChI is InChI=1S/C9H20O2Si2/c1-2-3-4-5-6-7-8-9-13(11)12-10/h12H,2-9H2,1H3. The van der Waals surface area contributed by atoms with Crippen LogP contribution in [0.5, 0.6) is 0 Å². The number of hydrogen-bond donors (Lipinski definition) is 0. The summed E-state index contributed by atoms with van der Waals surface area (Å²) >= 11 is 0. The molecule has 4 heteroatoms. The van der Waals surface area contributed by atoms with Crippen LogP contribution in [0.1, 0.15) is 51.9 Å². The Hall–Kier alpha value is 0.0338. The van der Waals surface area contributed by atoms with Crippen molar-refractivity contribution in [1.82, 2.24) is 0 Å². The quantitative estimate of drug-likeness (QED) is 0.438. The van der Waals surface area contributed by atoms with Crippen molar-refractivity contribution in [2.45, 2.75) is 57.9 Å². The van der Waals surface area contributed by atoms with Gasteiger partial charge in [0.1, 0.15) is 0 Å². The van der Waals surface area contributed by atoms with E-state index in [2.05, 4.69) is 6.92 Å². The summed E-state index contributed by atoms with van der Waals surface area (Å²) in [6.45, 7) is 2.21. The topological polar surface area (TPSA) is 34.1 Å². The lowest BCUT2D eigenvalue weighted by atomic mass is 10.1. The van der Waals surface area contributed by atoms with Crippen LogP contribution < -0.4 is 0 Å². The van der Waals surface area contributed by atoms with Gasteiger partial charge in [0, 0.05) is 0 Å². The van der Waals surface area contributed by atoms with Gasteiger partial charge in [-0.2, -0.15) is 0 Å². The third kappa shape index (κ3) is 9.95. The second-order valence-corrected chi connectivity index (χ2v) is 7.76. The molecule has 0 fully saturated rings. The minimum absolute atomic E-state index is 0.720. The first-order chi connectivity index (χ1) is 6.31. The van der Waals surface area contributed by atoms with Crippen LogP contribution in [0, 0.1) is 0 Å². The third-order valence-corrected chi connectivity index (χ3v) is 4.92. The van der Waals surface area contributed by atoms with E-state index in [-0.39, 0.29) is 0 Å². The molecule has 0 radical (unpaired) electrons. The van der Waals surface area contributed by atoms with Gasteiger partial charge in [0.2, 0.25) is 0 Å². The summed E-state index contributed by atoms with van der Waals surface area (Å²) < 4.78 is 21.1. The normalized spacial score (nSPS) is 9.92. The maximum atomic E-state index is 10.9. The minimum Gasteiger partial charge on any atom is -0.388 e. The fourth-order valence-electron chi connectivity index (χ4n) is 1.32. The molecule has 0 rings (SSSR count). The molecule has 0 saturated carbocycles. The van der Waals surface area contributed by atoms with Gasteiger partial charge < -0.3 is 8.92 Å². The van der Waals surface area contributed by atoms with Crippen molar-refractivity contribution in [2.24, 2.45) is 0 Å². The molecule has 0 amide bonds. The van der Waals surface area contributed by atoms with Crippen molar-refractivity contribution in [3.8, 4) is 0 Å². The highest BCUT2D eigenvalue weighted by molar-refractivity contribution is 6.97. The SMILES string of the molecule is CCCCCCCCC[Si](=O)[SiH]=O. The Balaban J connectivity index is 2.99. The van der Waals surface area contributed by atoms with Crippen molar-refractivity contribution in [2.75, 3.05) is 0 Å². The first kappa shape index (κ1) is 13.0.